The predicted octanol–water partition coefficient (Wildman–Crippen LogP) is 4.49. The van der Waals surface area contributed by atoms with Crippen LogP contribution in [0, 0.1) is 6.92 Å². The zero-order chi connectivity index (χ0) is 15.1. The van der Waals surface area contributed by atoms with Gasteiger partial charge in [-0.1, -0.05) is 54.1 Å². The van der Waals surface area contributed by atoms with E-state index in [1.165, 1.54) is 23.6 Å². The number of benzene rings is 2. The summed E-state index contributed by atoms with van der Waals surface area (Å²) in [5.74, 6) is 1.77. The van der Waals surface area contributed by atoms with Crippen LogP contribution in [0.4, 0.5) is 0 Å². The van der Waals surface area contributed by atoms with Crippen molar-refractivity contribution in [3.8, 4) is 0 Å². The minimum atomic E-state index is -0.243. The van der Waals surface area contributed by atoms with Crippen LogP contribution in [0.15, 0.2) is 48.5 Å². The molecule has 0 radical (unpaired) electrons. The lowest BCUT2D eigenvalue weighted by atomic mass is 10.2. The van der Waals surface area contributed by atoms with Gasteiger partial charge in [-0.25, -0.2) is 0 Å². The normalized spacial score (nSPS) is 10.4. The first kappa shape index (κ1) is 15.6. The standard InChI is InChI=1S/C18H20O2S/c1-14-3-5-17(6-4-14)12-21-13-18-9-7-16(8-10-18)11-20-15(2)19/h3-10H,11-13H2,1-2H3. The molecule has 0 saturated heterocycles. The first-order valence-corrected chi connectivity index (χ1v) is 8.13. The Labute approximate surface area is 130 Å². The number of aryl methyl sites for hydroxylation is 1. The van der Waals surface area contributed by atoms with Gasteiger partial charge >= 0.3 is 5.97 Å². The number of rotatable bonds is 6. The Kier molecular flexibility index (Phi) is 5.88. The second-order valence-corrected chi connectivity index (χ2v) is 6.06. The number of carbonyl (C=O) groups excluding carboxylic acids is 1. The number of ether oxygens (including phenoxy) is 1. The van der Waals surface area contributed by atoms with Gasteiger partial charge in [0.1, 0.15) is 6.61 Å². The van der Waals surface area contributed by atoms with Gasteiger partial charge in [0.25, 0.3) is 0 Å². The van der Waals surface area contributed by atoms with Gasteiger partial charge in [-0.15, -0.1) is 0 Å². The van der Waals surface area contributed by atoms with Crippen molar-refractivity contribution in [2.24, 2.45) is 0 Å². The molecule has 0 saturated carbocycles. The Hall–Kier alpha value is -1.74. The van der Waals surface area contributed by atoms with E-state index in [9.17, 15) is 4.79 Å². The minimum Gasteiger partial charge on any atom is -0.461 e. The summed E-state index contributed by atoms with van der Waals surface area (Å²) < 4.78 is 4.97. The summed E-state index contributed by atoms with van der Waals surface area (Å²) >= 11 is 1.90. The van der Waals surface area contributed by atoms with Crippen LogP contribution in [0.5, 0.6) is 0 Å². The summed E-state index contributed by atoms with van der Waals surface area (Å²) in [5.41, 5.74) is 4.97. The van der Waals surface area contributed by atoms with E-state index < -0.39 is 0 Å². The summed E-state index contributed by atoms with van der Waals surface area (Å²) in [7, 11) is 0. The molecule has 2 aromatic rings. The molecule has 110 valence electrons. The summed E-state index contributed by atoms with van der Waals surface area (Å²) in [6.45, 7) is 3.89. The van der Waals surface area contributed by atoms with Gasteiger partial charge in [-0.05, 0) is 23.6 Å². The fourth-order valence-corrected chi connectivity index (χ4v) is 2.85. The Morgan fingerprint density at radius 2 is 1.38 bits per heavy atom. The molecule has 0 spiro atoms. The van der Waals surface area contributed by atoms with Crippen molar-refractivity contribution in [1.29, 1.82) is 0 Å². The molecule has 0 heterocycles. The highest BCUT2D eigenvalue weighted by molar-refractivity contribution is 7.97. The van der Waals surface area contributed by atoms with Crippen LogP contribution in [0.2, 0.25) is 0 Å². The minimum absolute atomic E-state index is 0.243. The average molecular weight is 300 g/mol. The highest BCUT2D eigenvalue weighted by Gasteiger charge is 1.99. The first-order valence-electron chi connectivity index (χ1n) is 6.98. The summed E-state index contributed by atoms with van der Waals surface area (Å²) in [4.78, 5) is 10.8. The van der Waals surface area contributed by atoms with E-state index in [0.29, 0.717) is 6.61 Å². The van der Waals surface area contributed by atoms with Crippen LogP contribution < -0.4 is 0 Å². The largest absolute Gasteiger partial charge is 0.461 e. The second kappa shape index (κ2) is 7.89. The van der Waals surface area contributed by atoms with Gasteiger partial charge in [-0.3, -0.25) is 4.79 Å². The Morgan fingerprint density at radius 3 is 1.90 bits per heavy atom. The summed E-state index contributed by atoms with van der Waals surface area (Å²) in [6, 6.07) is 16.9. The molecule has 3 heteroatoms. The van der Waals surface area contributed by atoms with Gasteiger partial charge in [0.2, 0.25) is 0 Å². The lowest BCUT2D eigenvalue weighted by Crippen LogP contribution is -1.98. The fourth-order valence-electron chi connectivity index (χ4n) is 1.89. The molecule has 0 fully saturated rings. The molecular weight excluding hydrogens is 280 g/mol. The van der Waals surface area contributed by atoms with Gasteiger partial charge in [0.15, 0.2) is 0 Å². The van der Waals surface area contributed by atoms with Crippen molar-refractivity contribution in [3.63, 3.8) is 0 Å². The molecule has 0 aliphatic carbocycles. The van der Waals surface area contributed by atoms with E-state index >= 15 is 0 Å². The Morgan fingerprint density at radius 1 is 0.905 bits per heavy atom. The van der Waals surface area contributed by atoms with Gasteiger partial charge < -0.3 is 4.74 Å². The van der Waals surface area contributed by atoms with E-state index in [-0.39, 0.29) is 5.97 Å². The number of thioether (sulfide) groups is 1. The molecule has 0 amide bonds. The predicted molar refractivity (Wildman–Crippen MR) is 88.1 cm³/mol. The zero-order valence-corrected chi connectivity index (χ0v) is 13.3. The van der Waals surface area contributed by atoms with Crippen molar-refractivity contribution in [2.75, 3.05) is 0 Å². The van der Waals surface area contributed by atoms with Crippen LogP contribution in [0.1, 0.15) is 29.2 Å². The summed E-state index contributed by atoms with van der Waals surface area (Å²) in [6.07, 6.45) is 0. The number of hydrogen-bond donors (Lipinski definition) is 0. The third kappa shape index (κ3) is 5.64. The van der Waals surface area contributed by atoms with Crippen LogP contribution in [0.25, 0.3) is 0 Å². The van der Waals surface area contributed by atoms with Gasteiger partial charge in [0, 0.05) is 18.4 Å². The van der Waals surface area contributed by atoms with E-state index in [1.807, 2.05) is 23.9 Å². The zero-order valence-electron chi connectivity index (χ0n) is 12.5. The Bertz CT molecular complexity index is 573. The SMILES string of the molecule is CC(=O)OCc1ccc(CSCc2ccc(C)cc2)cc1. The fraction of sp³-hybridized carbons (Fsp3) is 0.278. The van der Waals surface area contributed by atoms with Crippen LogP contribution >= 0.6 is 11.8 Å². The first-order chi connectivity index (χ1) is 10.1. The lowest BCUT2D eigenvalue weighted by Gasteiger charge is -2.05. The van der Waals surface area contributed by atoms with Crippen LogP contribution in [-0.2, 0) is 27.6 Å². The van der Waals surface area contributed by atoms with E-state index in [2.05, 4.69) is 43.3 Å². The van der Waals surface area contributed by atoms with E-state index in [0.717, 1.165) is 17.1 Å². The molecule has 0 N–H and O–H groups in total. The molecule has 0 bridgehead atoms. The number of esters is 1. The molecule has 0 unspecified atom stereocenters. The van der Waals surface area contributed by atoms with Crippen molar-refractivity contribution in [2.45, 2.75) is 32.0 Å². The van der Waals surface area contributed by atoms with Gasteiger partial charge in [0.05, 0.1) is 0 Å². The molecule has 2 nitrogen and oxygen atoms in total. The van der Waals surface area contributed by atoms with E-state index in [4.69, 9.17) is 4.74 Å². The van der Waals surface area contributed by atoms with Crippen LogP contribution in [0.3, 0.4) is 0 Å². The highest BCUT2D eigenvalue weighted by atomic mass is 32.2. The van der Waals surface area contributed by atoms with Crippen LogP contribution in [-0.4, -0.2) is 5.97 Å². The summed E-state index contributed by atoms with van der Waals surface area (Å²) in [5, 5.41) is 0. The number of hydrogen-bond acceptors (Lipinski definition) is 3. The second-order valence-electron chi connectivity index (χ2n) is 5.08. The molecule has 0 aliphatic heterocycles. The molecular formula is C18H20O2S. The molecule has 2 aromatic carbocycles. The molecule has 2 rings (SSSR count). The van der Waals surface area contributed by atoms with Gasteiger partial charge in [-0.2, -0.15) is 11.8 Å². The Balaban J connectivity index is 1.78. The maximum absolute atomic E-state index is 10.8. The van der Waals surface area contributed by atoms with E-state index in [1.54, 1.807) is 0 Å². The monoisotopic (exact) mass is 300 g/mol. The molecule has 0 aliphatic rings. The number of carbonyl (C=O) groups is 1. The third-order valence-corrected chi connectivity index (χ3v) is 4.20. The molecule has 0 atom stereocenters. The lowest BCUT2D eigenvalue weighted by molar-refractivity contribution is -0.142. The molecule has 21 heavy (non-hydrogen) atoms. The van der Waals surface area contributed by atoms with Crippen molar-refractivity contribution in [1.82, 2.24) is 0 Å². The molecule has 0 aromatic heterocycles. The maximum Gasteiger partial charge on any atom is 0.302 e. The quantitative estimate of drug-likeness (QED) is 0.735. The third-order valence-electron chi connectivity index (χ3n) is 3.12. The average Bonchev–Trinajstić information content (AvgIpc) is 2.48. The topological polar surface area (TPSA) is 26.3 Å². The van der Waals surface area contributed by atoms with Crippen molar-refractivity contribution in [3.05, 3.63) is 70.8 Å². The van der Waals surface area contributed by atoms with Crippen molar-refractivity contribution < 1.29 is 9.53 Å². The smallest absolute Gasteiger partial charge is 0.302 e. The maximum atomic E-state index is 10.8. The highest BCUT2D eigenvalue weighted by Crippen LogP contribution is 2.18. The van der Waals surface area contributed by atoms with Crippen molar-refractivity contribution >= 4 is 17.7 Å².